The quantitative estimate of drug-likeness (QED) is 0.598. The Labute approximate surface area is 166 Å². The second-order valence-corrected chi connectivity index (χ2v) is 8.19. The van der Waals surface area contributed by atoms with Crippen molar-refractivity contribution in [2.75, 3.05) is 13.1 Å². The number of hydrogen-bond donors (Lipinski definition) is 0. The van der Waals surface area contributed by atoms with Crippen LogP contribution in [0.4, 0.5) is 0 Å². The van der Waals surface area contributed by atoms with Crippen LogP contribution in [0.1, 0.15) is 48.4 Å². The first-order valence-electron chi connectivity index (χ1n) is 9.68. The van der Waals surface area contributed by atoms with E-state index >= 15 is 0 Å². The van der Waals surface area contributed by atoms with E-state index in [1.807, 2.05) is 49.1 Å². The van der Waals surface area contributed by atoms with Crippen molar-refractivity contribution in [2.45, 2.75) is 53.1 Å². The van der Waals surface area contributed by atoms with Crippen molar-refractivity contribution < 1.29 is 9.59 Å². The molecule has 0 saturated heterocycles. The predicted molar refractivity (Wildman–Crippen MR) is 112 cm³/mol. The Bertz CT molecular complexity index is 727. The Balaban J connectivity index is 2.14. The number of thiophene rings is 1. The standard InChI is InChI=1S/C22H30N2O2S/c1-4-9-21(25)23(14-5-2)17-22(26)24(15-19-10-7-6-8-11-19)16-20-13-12-18(3)27-20/h6-8,10-13H,4-5,9,14-17H2,1-3H3. The van der Waals surface area contributed by atoms with Gasteiger partial charge in [-0.2, -0.15) is 0 Å². The summed E-state index contributed by atoms with van der Waals surface area (Å²) in [4.78, 5) is 31.4. The molecule has 5 heteroatoms. The molecule has 4 nitrogen and oxygen atoms in total. The normalized spacial score (nSPS) is 10.6. The third-order valence-electron chi connectivity index (χ3n) is 4.35. The fourth-order valence-electron chi connectivity index (χ4n) is 2.99. The summed E-state index contributed by atoms with van der Waals surface area (Å²) >= 11 is 1.71. The summed E-state index contributed by atoms with van der Waals surface area (Å²) in [5.41, 5.74) is 1.10. The van der Waals surface area contributed by atoms with E-state index in [1.165, 1.54) is 9.75 Å². The van der Waals surface area contributed by atoms with Crippen molar-refractivity contribution in [3.63, 3.8) is 0 Å². The highest BCUT2D eigenvalue weighted by Gasteiger charge is 2.21. The molecule has 1 aromatic heterocycles. The van der Waals surface area contributed by atoms with Crippen LogP contribution in [0.15, 0.2) is 42.5 Å². The number of hydrogen-bond acceptors (Lipinski definition) is 3. The van der Waals surface area contributed by atoms with Crippen molar-refractivity contribution in [2.24, 2.45) is 0 Å². The number of benzene rings is 1. The Morgan fingerprint density at radius 2 is 1.63 bits per heavy atom. The summed E-state index contributed by atoms with van der Waals surface area (Å²) < 4.78 is 0. The van der Waals surface area contributed by atoms with Gasteiger partial charge in [0.25, 0.3) is 0 Å². The third kappa shape index (κ3) is 6.83. The van der Waals surface area contributed by atoms with Gasteiger partial charge < -0.3 is 9.80 Å². The van der Waals surface area contributed by atoms with Crippen molar-refractivity contribution in [3.05, 3.63) is 57.8 Å². The maximum absolute atomic E-state index is 13.1. The highest BCUT2D eigenvalue weighted by molar-refractivity contribution is 7.11. The molecule has 2 rings (SSSR count). The van der Waals surface area contributed by atoms with Crippen LogP contribution in [0.5, 0.6) is 0 Å². The smallest absolute Gasteiger partial charge is 0.242 e. The van der Waals surface area contributed by atoms with Crippen LogP contribution in [0.2, 0.25) is 0 Å². The molecular weight excluding hydrogens is 356 g/mol. The SMILES string of the molecule is CCCC(=O)N(CCC)CC(=O)N(Cc1ccccc1)Cc1ccc(C)s1. The molecule has 2 amide bonds. The van der Waals surface area contributed by atoms with Crippen LogP contribution in [-0.4, -0.2) is 34.7 Å². The minimum absolute atomic E-state index is 0.00260. The summed E-state index contributed by atoms with van der Waals surface area (Å²) in [6.45, 7) is 8.01. The van der Waals surface area contributed by atoms with Gasteiger partial charge in [-0.25, -0.2) is 0 Å². The summed E-state index contributed by atoms with van der Waals surface area (Å²) in [5.74, 6) is 0.0714. The molecule has 0 aliphatic rings. The average Bonchev–Trinajstić information content (AvgIpc) is 3.06. The highest BCUT2D eigenvalue weighted by atomic mass is 32.1. The van der Waals surface area contributed by atoms with Gasteiger partial charge in [0.2, 0.25) is 11.8 Å². The van der Waals surface area contributed by atoms with Gasteiger partial charge >= 0.3 is 0 Å². The third-order valence-corrected chi connectivity index (χ3v) is 5.33. The molecule has 0 aliphatic heterocycles. The van der Waals surface area contributed by atoms with E-state index in [-0.39, 0.29) is 18.4 Å². The van der Waals surface area contributed by atoms with E-state index in [0.29, 0.717) is 26.1 Å². The van der Waals surface area contributed by atoms with Gasteiger partial charge in [0.15, 0.2) is 0 Å². The summed E-state index contributed by atoms with van der Waals surface area (Å²) in [7, 11) is 0. The molecule has 1 heterocycles. The minimum atomic E-state index is 0.00260. The number of nitrogens with zero attached hydrogens (tertiary/aromatic N) is 2. The molecule has 0 aliphatic carbocycles. The molecule has 0 spiro atoms. The van der Waals surface area contributed by atoms with Crippen LogP contribution in [0, 0.1) is 6.92 Å². The number of rotatable bonds is 10. The fraction of sp³-hybridized carbons (Fsp3) is 0.455. The second kappa shape index (κ2) is 10.9. The Kier molecular flexibility index (Phi) is 8.52. The van der Waals surface area contributed by atoms with Crippen LogP contribution >= 0.6 is 11.3 Å². The van der Waals surface area contributed by atoms with Crippen molar-refractivity contribution in [3.8, 4) is 0 Å². The first-order chi connectivity index (χ1) is 13.0. The molecule has 27 heavy (non-hydrogen) atoms. The van der Waals surface area contributed by atoms with Crippen LogP contribution < -0.4 is 0 Å². The summed E-state index contributed by atoms with van der Waals surface area (Å²) in [6.07, 6.45) is 2.15. The van der Waals surface area contributed by atoms with Gasteiger partial charge in [-0.1, -0.05) is 44.2 Å². The van der Waals surface area contributed by atoms with Gasteiger partial charge in [0.05, 0.1) is 13.1 Å². The lowest BCUT2D eigenvalue weighted by molar-refractivity contribution is -0.141. The van der Waals surface area contributed by atoms with E-state index in [4.69, 9.17) is 0 Å². The number of aryl methyl sites for hydroxylation is 1. The lowest BCUT2D eigenvalue weighted by atomic mass is 10.2. The Morgan fingerprint density at radius 1 is 0.889 bits per heavy atom. The van der Waals surface area contributed by atoms with Crippen molar-refractivity contribution in [1.29, 1.82) is 0 Å². The summed E-state index contributed by atoms with van der Waals surface area (Å²) in [5, 5.41) is 0. The van der Waals surface area contributed by atoms with Gasteiger partial charge in [0.1, 0.15) is 0 Å². The zero-order chi connectivity index (χ0) is 19.6. The average molecular weight is 387 g/mol. The molecule has 2 aromatic rings. The highest BCUT2D eigenvalue weighted by Crippen LogP contribution is 2.19. The van der Waals surface area contributed by atoms with Gasteiger partial charge in [-0.15, -0.1) is 11.3 Å². The van der Waals surface area contributed by atoms with E-state index in [0.717, 1.165) is 18.4 Å². The first-order valence-corrected chi connectivity index (χ1v) is 10.5. The van der Waals surface area contributed by atoms with Crippen LogP contribution in [0.3, 0.4) is 0 Å². The monoisotopic (exact) mass is 386 g/mol. The maximum Gasteiger partial charge on any atom is 0.242 e. The lowest BCUT2D eigenvalue weighted by Crippen LogP contribution is -2.42. The lowest BCUT2D eigenvalue weighted by Gasteiger charge is -2.27. The second-order valence-electron chi connectivity index (χ2n) is 6.81. The van der Waals surface area contributed by atoms with E-state index in [2.05, 4.69) is 19.1 Å². The largest absolute Gasteiger partial charge is 0.333 e. The van der Waals surface area contributed by atoms with Crippen LogP contribution in [-0.2, 0) is 22.7 Å². The number of carbonyl (C=O) groups is 2. The molecule has 0 saturated carbocycles. The van der Waals surface area contributed by atoms with E-state index < -0.39 is 0 Å². The predicted octanol–water partition coefficient (Wildman–Crippen LogP) is 4.62. The molecule has 0 unspecified atom stereocenters. The molecule has 146 valence electrons. The zero-order valence-corrected chi connectivity index (χ0v) is 17.4. The molecule has 0 atom stereocenters. The molecule has 0 fully saturated rings. The van der Waals surface area contributed by atoms with Crippen LogP contribution in [0.25, 0.3) is 0 Å². The van der Waals surface area contributed by atoms with E-state index in [1.54, 1.807) is 16.2 Å². The molecule has 0 radical (unpaired) electrons. The van der Waals surface area contributed by atoms with Gasteiger partial charge in [-0.3, -0.25) is 9.59 Å². The Hall–Kier alpha value is -2.14. The topological polar surface area (TPSA) is 40.6 Å². The molecular formula is C22H30N2O2S. The fourth-order valence-corrected chi connectivity index (χ4v) is 3.90. The zero-order valence-electron chi connectivity index (χ0n) is 16.6. The Morgan fingerprint density at radius 3 is 2.22 bits per heavy atom. The van der Waals surface area contributed by atoms with E-state index in [9.17, 15) is 9.59 Å². The van der Waals surface area contributed by atoms with Gasteiger partial charge in [-0.05, 0) is 37.5 Å². The first kappa shape index (κ1) is 21.2. The number of amides is 2. The van der Waals surface area contributed by atoms with Crippen molar-refractivity contribution in [1.82, 2.24) is 9.80 Å². The minimum Gasteiger partial charge on any atom is -0.333 e. The molecule has 0 bridgehead atoms. The van der Waals surface area contributed by atoms with Gasteiger partial charge in [0, 0.05) is 29.3 Å². The van der Waals surface area contributed by atoms with Crippen molar-refractivity contribution >= 4 is 23.2 Å². The molecule has 1 aromatic carbocycles. The number of carbonyl (C=O) groups excluding carboxylic acids is 2. The molecule has 0 N–H and O–H groups in total. The maximum atomic E-state index is 13.1. The summed E-state index contributed by atoms with van der Waals surface area (Å²) in [6, 6.07) is 14.2.